The van der Waals surface area contributed by atoms with Gasteiger partial charge in [-0.2, -0.15) is 5.26 Å². The molecule has 5 aliphatic heterocycles. The molecular weight excluding hydrogens is 823 g/mol. The third kappa shape index (κ3) is 6.50. The van der Waals surface area contributed by atoms with Crippen molar-refractivity contribution in [3.63, 3.8) is 0 Å². The second kappa shape index (κ2) is 15.9. The van der Waals surface area contributed by atoms with Crippen LogP contribution >= 0.6 is 0 Å². The molecule has 344 valence electrons. The molecule has 64 heavy (non-hydrogen) atoms. The minimum Gasteiger partial charge on any atom is -0.482 e. The fourth-order valence-electron chi connectivity index (χ4n) is 11.3. The summed E-state index contributed by atoms with van der Waals surface area (Å²) in [7, 11) is 3.03. The molecule has 15 nitrogen and oxygen atoms in total. The Kier molecular flexibility index (Phi) is 11.3. The van der Waals surface area contributed by atoms with Gasteiger partial charge in [-0.25, -0.2) is 4.79 Å². The number of benzene rings is 1. The molecule has 1 spiro atoms. The van der Waals surface area contributed by atoms with E-state index in [-0.39, 0.29) is 40.7 Å². The van der Waals surface area contributed by atoms with Crippen LogP contribution in [0.4, 0.5) is 0 Å². The topological polar surface area (TPSA) is 223 Å². The van der Waals surface area contributed by atoms with Crippen molar-refractivity contribution in [2.75, 3.05) is 20.8 Å². The second-order valence-electron chi connectivity index (χ2n) is 19.5. The highest BCUT2D eigenvalue weighted by Gasteiger charge is 2.84. The number of carbonyl (C=O) groups is 2. The second-order valence-corrected chi connectivity index (χ2v) is 19.5. The normalized spacial score (nSPS) is 35.1. The van der Waals surface area contributed by atoms with Crippen LogP contribution < -0.4 is 19.9 Å². The van der Waals surface area contributed by atoms with Crippen LogP contribution in [0.1, 0.15) is 97.8 Å². The molecule has 5 fully saturated rings. The van der Waals surface area contributed by atoms with Gasteiger partial charge in [0.15, 0.2) is 17.0 Å². The predicted molar refractivity (Wildman–Crippen MR) is 234 cm³/mol. The average Bonchev–Trinajstić information content (AvgIpc) is 3.39. The predicted octanol–water partition coefficient (Wildman–Crippen LogP) is 4.66. The molecule has 0 aromatic heterocycles. The third-order valence-electron chi connectivity index (χ3n) is 14.5. The van der Waals surface area contributed by atoms with Crippen molar-refractivity contribution in [1.29, 1.82) is 5.26 Å². The quantitative estimate of drug-likeness (QED) is 0.116. The number of aliphatic hydroxyl groups excluding tert-OH is 4. The van der Waals surface area contributed by atoms with Gasteiger partial charge in [-0.3, -0.25) is 4.79 Å². The van der Waals surface area contributed by atoms with Gasteiger partial charge in [0.2, 0.25) is 6.29 Å². The fraction of sp³-hybridized carbons (Fsp3) is 0.571. The molecule has 9 rings (SSSR count). The molecule has 15 heteroatoms. The molecule has 8 aliphatic rings. The summed E-state index contributed by atoms with van der Waals surface area (Å²) in [6.45, 7) is 14.8. The lowest BCUT2D eigenvalue weighted by molar-refractivity contribution is -0.277. The number of Topliss-reactive ketones (excluding diaryl/α,β-unsaturated/α-hetero) is 1. The van der Waals surface area contributed by atoms with E-state index in [1.54, 1.807) is 24.9 Å². The number of allylic oxidation sites excluding steroid dienone is 5. The van der Waals surface area contributed by atoms with E-state index in [9.17, 15) is 30.5 Å². The molecule has 4 bridgehead atoms. The summed E-state index contributed by atoms with van der Waals surface area (Å²) in [4.78, 5) is 30.1. The van der Waals surface area contributed by atoms with Crippen LogP contribution in [0, 0.1) is 29.1 Å². The number of hydrogen-bond donors (Lipinski definition) is 5. The summed E-state index contributed by atoms with van der Waals surface area (Å²) >= 11 is 0. The third-order valence-corrected chi connectivity index (χ3v) is 14.5. The van der Waals surface area contributed by atoms with Crippen molar-refractivity contribution in [2.24, 2.45) is 23.5 Å². The van der Waals surface area contributed by atoms with Gasteiger partial charge in [0.25, 0.3) is 0 Å². The lowest BCUT2D eigenvalue weighted by Crippen LogP contribution is -2.75. The Morgan fingerprint density at radius 1 is 1.03 bits per heavy atom. The molecule has 6 N–H and O–H groups in total. The number of esters is 1. The van der Waals surface area contributed by atoms with Gasteiger partial charge < -0.3 is 59.5 Å². The number of rotatable bonds is 11. The minimum absolute atomic E-state index is 0.0586. The first-order valence-electron chi connectivity index (χ1n) is 22.1. The molecule has 5 heterocycles. The first-order valence-corrected chi connectivity index (χ1v) is 22.1. The van der Waals surface area contributed by atoms with E-state index in [1.165, 1.54) is 12.7 Å². The average molecular weight is 884 g/mol. The van der Waals surface area contributed by atoms with E-state index < -0.39 is 83.4 Å². The van der Waals surface area contributed by atoms with E-state index in [4.69, 9.17) is 34.2 Å². The monoisotopic (exact) mass is 883 g/mol. The number of nitrogens with two attached hydrogens (primary N) is 1. The van der Waals surface area contributed by atoms with Crippen LogP contribution in [0.25, 0.3) is 11.8 Å². The van der Waals surface area contributed by atoms with Gasteiger partial charge in [-0.15, -0.1) is 0 Å². The van der Waals surface area contributed by atoms with E-state index in [0.29, 0.717) is 59.4 Å². The number of methoxy groups -OCH3 is 1. The number of fused-ring (bicyclic) bond motifs is 3. The Morgan fingerprint density at radius 2 is 1.73 bits per heavy atom. The van der Waals surface area contributed by atoms with Crippen LogP contribution in [0.5, 0.6) is 17.2 Å². The smallest absolute Gasteiger partial charge is 0.333 e. The highest BCUT2D eigenvalue weighted by Crippen LogP contribution is 2.74. The number of ether oxygens (including phenoxy) is 6. The standard InChI is InChI=1S/C49H61N3O12/c1-23(2)12-11-17-47(8)18-16-27-39(62-47)26(14-13-24(3)4)41-33(40(27)61-45-38(56)37(55)36(54)30(22-53)60-45)35-34-32(29(21-50)43(51)52(35)9)28-20-31-46(6,7)64-48(42(28)57,49(31,34)63-41)19-15-25(5)44(58)59-10/h12-13,15-16,18,28,30-32,36-38,45,53-56H,11,14,17,19-20,22,51H2,1-10H3/b25-15-/t28?,30-,31?,32?,36-,37+,38-,45+,47?,48?,49?/m0/s1. The van der Waals surface area contributed by atoms with Crippen molar-refractivity contribution in [3.05, 3.63) is 74.7 Å². The van der Waals surface area contributed by atoms with E-state index in [0.717, 1.165) is 5.57 Å². The molecular formula is C49H61N3O12. The number of aliphatic hydroxyl groups is 4. The summed E-state index contributed by atoms with van der Waals surface area (Å²) in [6.07, 6.45) is 3.50. The Hall–Kier alpha value is -4.95. The van der Waals surface area contributed by atoms with Crippen molar-refractivity contribution in [2.45, 2.75) is 141 Å². The van der Waals surface area contributed by atoms with E-state index in [2.05, 4.69) is 12.1 Å². The Morgan fingerprint density at radius 3 is 2.38 bits per heavy atom. The summed E-state index contributed by atoms with van der Waals surface area (Å²) in [6, 6.07) is 2.34. The summed E-state index contributed by atoms with van der Waals surface area (Å²) in [5.74, 6) is -1.95. The van der Waals surface area contributed by atoms with Crippen LogP contribution in [0.3, 0.4) is 0 Å². The maximum atomic E-state index is 15.5. The van der Waals surface area contributed by atoms with Gasteiger partial charge in [-0.05, 0) is 93.2 Å². The van der Waals surface area contributed by atoms with E-state index >= 15 is 4.79 Å². The molecule has 1 aromatic rings. The van der Waals surface area contributed by atoms with Crippen LogP contribution in [-0.4, -0.2) is 111 Å². The molecule has 11 atom stereocenters. The van der Waals surface area contributed by atoms with Gasteiger partial charge in [0.1, 0.15) is 53.1 Å². The highest BCUT2D eigenvalue weighted by molar-refractivity contribution is 6.02. The van der Waals surface area contributed by atoms with E-state index in [1.807, 2.05) is 66.7 Å². The minimum atomic E-state index is -1.78. The zero-order chi connectivity index (χ0) is 46.6. The van der Waals surface area contributed by atoms with Crippen LogP contribution in [-0.2, 0) is 30.2 Å². The Labute approximate surface area is 374 Å². The van der Waals surface area contributed by atoms with Crippen molar-refractivity contribution < 1.29 is 58.4 Å². The number of nitriles is 1. The van der Waals surface area contributed by atoms with Crippen LogP contribution in [0.2, 0.25) is 0 Å². The molecule has 3 aliphatic carbocycles. The SMILES string of the molecule is COC(=O)/C(C)=C\CC12OC(C)(C)C3CC(C1=O)C1C(C#N)=C(N)N(C)C4=C1C32Oc1c(CC=C(C)C)c2c(c(O[C@H]3O[C@@H](CO)[C@H](O)[C@@H](O)[C@@H]3O)c14)C=CC(C)(CCC=C(C)C)O2. The Balaban J connectivity index is 1.48. The number of hydrogen-bond acceptors (Lipinski definition) is 15. The first kappa shape index (κ1) is 45.6. The molecule has 3 saturated carbocycles. The maximum Gasteiger partial charge on any atom is 0.333 e. The lowest BCUT2D eigenvalue weighted by Gasteiger charge is -2.63. The lowest BCUT2D eigenvalue weighted by atomic mass is 9.44. The van der Waals surface area contributed by atoms with Crippen molar-refractivity contribution >= 4 is 23.5 Å². The van der Waals surface area contributed by atoms with Gasteiger partial charge in [-0.1, -0.05) is 29.4 Å². The number of nitrogens with zero attached hydrogens (tertiary/aromatic N) is 2. The highest BCUT2D eigenvalue weighted by atomic mass is 16.7. The zero-order valence-electron chi connectivity index (χ0n) is 38.3. The molecule has 2 saturated heterocycles. The Bertz CT molecular complexity index is 2410. The van der Waals surface area contributed by atoms with Gasteiger partial charge >= 0.3 is 5.97 Å². The zero-order valence-corrected chi connectivity index (χ0v) is 38.3. The first-order chi connectivity index (χ1) is 30.1. The summed E-state index contributed by atoms with van der Waals surface area (Å²) in [5.41, 5.74) is 7.11. The van der Waals surface area contributed by atoms with Gasteiger partial charge in [0, 0.05) is 47.9 Å². The molecule has 0 radical (unpaired) electrons. The maximum absolute atomic E-state index is 15.5. The largest absolute Gasteiger partial charge is 0.482 e. The fourth-order valence-corrected chi connectivity index (χ4v) is 11.3. The number of carbonyl (C=O) groups excluding carboxylic acids is 2. The summed E-state index contributed by atoms with van der Waals surface area (Å²) < 4.78 is 39.9. The molecule has 6 unspecified atom stereocenters. The van der Waals surface area contributed by atoms with Crippen molar-refractivity contribution in [1.82, 2.24) is 4.90 Å². The van der Waals surface area contributed by atoms with Crippen molar-refractivity contribution in [3.8, 4) is 23.3 Å². The summed E-state index contributed by atoms with van der Waals surface area (Å²) in [5, 5.41) is 54.3. The van der Waals surface area contributed by atoms with Gasteiger partial charge in [0.05, 0.1) is 47.8 Å². The van der Waals surface area contributed by atoms with Crippen LogP contribution in [0.15, 0.2) is 58.0 Å². The molecule has 0 amide bonds. The number of ketones is 1. The molecule has 1 aromatic carbocycles.